The van der Waals surface area contributed by atoms with Crippen LogP contribution >= 0.6 is 0 Å². The highest BCUT2D eigenvalue weighted by Crippen LogP contribution is 2.19. The molecule has 22 heavy (non-hydrogen) atoms. The van der Waals surface area contributed by atoms with E-state index in [4.69, 9.17) is 0 Å². The molecular formula is C17H20FN3O. The number of carbonyl (C=O) groups excluding carboxylic acids is 1. The summed E-state index contributed by atoms with van der Waals surface area (Å²) in [6.45, 7) is 5.72. The van der Waals surface area contributed by atoms with E-state index < -0.39 is 0 Å². The highest BCUT2D eigenvalue weighted by atomic mass is 19.1. The monoisotopic (exact) mass is 301 g/mol. The number of fused-ring (bicyclic) bond motifs is 1. The van der Waals surface area contributed by atoms with Crippen LogP contribution in [0.3, 0.4) is 0 Å². The summed E-state index contributed by atoms with van der Waals surface area (Å²) in [6, 6.07) is 6.33. The molecular weight excluding hydrogens is 281 g/mol. The Hall–Kier alpha value is -2.01. The van der Waals surface area contributed by atoms with Crippen molar-refractivity contribution >= 4 is 16.8 Å². The molecule has 2 unspecified atom stereocenters. The molecule has 0 aliphatic carbocycles. The molecule has 2 atom stereocenters. The Balaban J connectivity index is 1.87. The van der Waals surface area contributed by atoms with Crippen LogP contribution in [0.15, 0.2) is 24.3 Å². The molecule has 1 aromatic heterocycles. The van der Waals surface area contributed by atoms with E-state index in [0.29, 0.717) is 22.7 Å². The van der Waals surface area contributed by atoms with Crippen LogP contribution in [0.1, 0.15) is 29.4 Å². The predicted molar refractivity (Wildman–Crippen MR) is 84.3 cm³/mol. The van der Waals surface area contributed by atoms with Crippen molar-refractivity contribution in [2.45, 2.75) is 26.3 Å². The van der Waals surface area contributed by atoms with Gasteiger partial charge in [0.05, 0.1) is 16.8 Å². The van der Waals surface area contributed by atoms with Gasteiger partial charge in [-0.2, -0.15) is 0 Å². The summed E-state index contributed by atoms with van der Waals surface area (Å²) >= 11 is 0. The molecule has 1 aliphatic heterocycles. The molecule has 116 valence electrons. The van der Waals surface area contributed by atoms with E-state index in [1.165, 1.54) is 12.1 Å². The maximum Gasteiger partial charge on any atom is 0.253 e. The standard InChI is InChI=1S/C17H20FN3O/c1-10-5-6-19-9-16(10)21-17(22)14-7-12-3-4-13(18)8-15(12)20-11(14)2/h3-4,7-8,10,16,19H,5-6,9H2,1-2H3,(H,21,22). The number of piperidine rings is 1. The SMILES string of the molecule is Cc1nc2cc(F)ccc2cc1C(=O)NC1CNCCC1C. The van der Waals surface area contributed by atoms with E-state index in [2.05, 4.69) is 22.5 Å². The van der Waals surface area contributed by atoms with Gasteiger partial charge in [-0.05, 0) is 44.0 Å². The molecule has 0 radical (unpaired) electrons. The smallest absolute Gasteiger partial charge is 0.253 e. The van der Waals surface area contributed by atoms with Crippen molar-refractivity contribution < 1.29 is 9.18 Å². The molecule has 0 saturated carbocycles. The Morgan fingerprint density at radius 1 is 1.41 bits per heavy atom. The Morgan fingerprint density at radius 3 is 3.00 bits per heavy atom. The van der Waals surface area contributed by atoms with Crippen LogP contribution in [0.25, 0.3) is 10.9 Å². The van der Waals surface area contributed by atoms with Crippen molar-refractivity contribution in [1.82, 2.24) is 15.6 Å². The van der Waals surface area contributed by atoms with Gasteiger partial charge < -0.3 is 10.6 Å². The number of hydrogen-bond acceptors (Lipinski definition) is 3. The van der Waals surface area contributed by atoms with E-state index in [9.17, 15) is 9.18 Å². The van der Waals surface area contributed by atoms with Crippen molar-refractivity contribution in [3.63, 3.8) is 0 Å². The Labute approximate surface area is 129 Å². The summed E-state index contributed by atoms with van der Waals surface area (Å²) in [4.78, 5) is 16.9. The lowest BCUT2D eigenvalue weighted by atomic mass is 9.94. The fourth-order valence-corrected chi connectivity index (χ4v) is 2.90. The summed E-state index contributed by atoms with van der Waals surface area (Å²) in [5, 5.41) is 7.16. The number of halogens is 1. The first-order chi connectivity index (χ1) is 10.5. The van der Waals surface area contributed by atoms with Gasteiger partial charge >= 0.3 is 0 Å². The van der Waals surface area contributed by atoms with Crippen molar-refractivity contribution in [3.8, 4) is 0 Å². The van der Waals surface area contributed by atoms with Gasteiger partial charge in [-0.15, -0.1) is 0 Å². The normalized spacial score (nSPS) is 21.8. The Kier molecular flexibility index (Phi) is 4.07. The van der Waals surface area contributed by atoms with E-state index in [0.717, 1.165) is 24.9 Å². The predicted octanol–water partition coefficient (Wildman–Crippen LogP) is 2.41. The highest BCUT2D eigenvalue weighted by molar-refractivity contribution is 5.98. The van der Waals surface area contributed by atoms with Crippen LogP contribution in [0.5, 0.6) is 0 Å². The number of rotatable bonds is 2. The lowest BCUT2D eigenvalue weighted by molar-refractivity contribution is 0.0914. The highest BCUT2D eigenvalue weighted by Gasteiger charge is 2.24. The summed E-state index contributed by atoms with van der Waals surface area (Å²) in [7, 11) is 0. The first kappa shape index (κ1) is 14.9. The number of hydrogen-bond donors (Lipinski definition) is 2. The first-order valence-electron chi connectivity index (χ1n) is 7.63. The molecule has 0 bridgehead atoms. The second kappa shape index (κ2) is 6.01. The average molecular weight is 301 g/mol. The molecule has 2 heterocycles. The third kappa shape index (κ3) is 2.95. The topological polar surface area (TPSA) is 54.0 Å². The Bertz CT molecular complexity index is 716. The molecule has 1 aliphatic rings. The molecule has 4 nitrogen and oxygen atoms in total. The number of nitrogens with one attached hydrogen (secondary N) is 2. The van der Waals surface area contributed by atoms with Gasteiger partial charge in [0.15, 0.2) is 0 Å². The van der Waals surface area contributed by atoms with Crippen LogP contribution in [0, 0.1) is 18.7 Å². The fraction of sp³-hybridized carbons (Fsp3) is 0.412. The minimum absolute atomic E-state index is 0.114. The first-order valence-corrected chi connectivity index (χ1v) is 7.63. The molecule has 1 fully saturated rings. The minimum Gasteiger partial charge on any atom is -0.348 e. The third-order valence-corrected chi connectivity index (χ3v) is 4.36. The summed E-state index contributed by atoms with van der Waals surface area (Å²) in [5.74, 6) is 0.0171. The van der Waals surface area contributed by atoms with Gasteiger partial charge in [0.1, 0.15) is 5.82 Å². The zero-order valence-corrected chi connectivity index (χ0v) is 12.8. The molecule has 2 N–H and O–H groups in total. The van der Waals surface area contributed by atoms with Crippen molar-refractivity contribution in [2.24, 2.45) is 5.92 Å². The van der Waals surface area contributed by atoms with E-state index in [1.54, 1.807) is 19.1 Å². The van der Waals surface area contributed by atoms with Crippen LogP contribution in [-0.4, -0.2) is 30.0 Å². The number of amides is 1. The third-order valence-electron chi connectivity index (χ3n) is 4.36. The number of pyridine rings is 1. The van der Waals surface area contributed by atoms with Crippen LogP contribution in [-0.2, 0) is 0 Å². The zero-order valence-electron chi connectivity index (χ0n) is 12.8. The Morgan fingerprint density at radius 2 is 2.23 bits per heavy atom. The maximum atomic E-state index is 13.3. The van der Waals surface area contributed by atoms with E-state index >= 15 is 0 Å². The summed E-state index contributed by atoms with van der Waals surface area (Å²) in [6.07, 6.45) is 1.05. The fourth-order valence-electron chi connectivity index (χ4n) is 2.90. The van der Waals surface area contributed by atoms with Gasteiger partial charge in [-0.3, -0.25) is 9.78 Å². The summed E-state index contributed by atoms with van der Waals surface area (Å²) < 4.78 is 13.3. The van der Waals surface area contributed by atoms with Gasteiger partial charge in [0.2, 0.25) is 0 Å². The maximum absolute atomic E-state index is 13.3. The van der Waals surface area contributed by atoms with Crippen LogP contribution in [0.4, 0.5) is 4.39 Å². The number of carbonyl (C=O) groups is 1. The van der Waals surface area contributed by atoms with Gasteiger partial charge in [-0.25, -0.2) is 4.39 Å². The molecule has 2 aromatic rings. The zero-order chi connectivity index (χ0) is 15.7. The number of aryl methyl sites for hydroxylation is 1. The molecule has 5 heteroatoms. The lowest BCUT2D eigenvalue weighted by Gasteiger charge is -2.30. The lowest BCUT2D eigenvalue weighted by Crippen LogP contribution is -2.50. The van der Waals surface area contributed by atoms with Crippen LogP contribution < -0.4 is 10.6 Å². The largest absolute Gasteiger partial charge is 0.348 e. The molecule has 1 saturated heterocycles. The quantitative estimate of drug-likeness (QED) is 0.895. The number of aromatic nitrogens is 1. The number of benzene rings is 1. The van der Waals surface area contributed by atoms with E-state index in [-0.39, 0.29) is 17.8 Å². The molecule has 1 aromatic carbocycles. The number of nitrogens with zero attached hydrogens (tertiary/aromatic N) is 1. The summed E-state index contributed by atoms with van der Waals surface area (Å²) in [5.41, 5.74) is 1.74. The van der Waals surface area contributed by atoms with Gasteiger partial charge in [0.25, 0.3) is 5.91 Å². The minimum atomic E-state index is -0.321. The van der Waals surface area contributed by atoms with Crippen molar-refractivity contribution in [3.05, 3.63) is 41.3 Å². The van der Waals surface area contributed by atoms with E-state index in [1.807, 2.05) is 0 Å². The van der Waals surface area contributed by atoms with Crippen molar-refractivity contribution in [1.29, 1.82) is 0 Å². The average Bonchev–Trinajstić information content (AvgIpc) is 2.48. The van der Waals surface area contributed by atoms with Gasteiger partial charge in [0, 0.05) is 24.0 Å². The van der Waals surface area contributed by atoms with Crippen molar-refractivity contribution in [2.75, 3.05) is 13.1 Å². The molecule has 3 rings (SSSR count). The van der Waals surface area contributed by atoms with Gasteiger partial charge in [-0.1, -0.05) is 6.92 Å². The van der Waals surface area contributed by atoms with Crippen LogP contribution in [0.2, 0.25) is 0 Å². The molecule has 1 amide bonds. The second-order valence-electron chi connectivity index (χ2n) is 6.01. The molecule has 0 spiro atoms. The second-order valence-corrected chi connectivity index (χ2v) is 6.01.